The van der Waals surface area contributed by atoms with E-state index in [2.05, 4.69) is 25.2 Å². The molecule has 0 saturated carbocycles. The summed E-state index contributed by atoms with van der Waals surface area (Å²) in [5.41, 5.74) is 1.76. The first-order valence-corrected chi connectivity index (χ1v) is 12.5. The molecule has 2 aromatic heterocycles. The predicted molar refractivity (Wildman–Crippen MR) is 130 cm³/mol. The highest BCUT2D eigenvalue weighted by Crippen LogP contribution is 2.33. The summed E-state index contributed by atoms with van der Waals surface area (Å²) >= 11 is 0. The zero-order valence-electron chi connectivity index (χ0n) is 19.0. The van der Waals surface area contributed by atoms with Gasteiger partial charge in [-0.15, -0.1) is 0 Å². The second-order valence-corrected chi connectivity index (χ2v) is 9.68. The highest BCUT2D eigenvalue weighted by molar-refractivity contribution is 7.92. The smallest absolute Gasteiger partial charge is 0.280 e. The van der Waals surface area contributed by atoms with Crippen LogP contribution in [0.2, 0.25) is 0 Å². The lowest BCUT2D eigenvalue weighted by Gasteiger charge is -2.14. The number of alkyl halides is 2. The maximum absolute atomic E-state index is 13.2. The minimum atomic E-state index is -3.57. The molecule has 0 aliphatic rings. The van der Waals surface area contributed by atoms with Crippen LogP contribution in [0.25, 0.3) is 11.3 Å². The van der Waals surface area contributed by atoms with Crippen molar-refractivity contribution >= 4 is 27.3 Å². The van der Waals surface area contributed by atoms with Crippen molar-refractivity contribution in [1.82, 2.24) is 15.2 Å². The molecule has 0 radical (unpaired) electrons. The number of H-pyrrole nitrogens is 1. The number of anilines is 3. The first kappa shape index (κ1) is 25.0. The maximum Gasteiger partial charge on any atom is 0.280 e. The Labute approximate surface area is 205 Å². The van der Waals surface area contributed by atoms with Gasteiger partial charge in [-0.25, -0.2) is 26.6 Å². The van der Waals surface area contributed by atoms with Crippen molar-refractivity contribution in [2.75, 3.05) is 15.8 Å². The first-order chi connectivity index (χ1) is 17.2. The predicted octanol–water partition coefficient (Wildman–Crippen LogP) is 5.63. The lowest BCUT2D eigenvalue weighted by Crippen LogP contribution is -2.15. The fraction of sp³-hybridized carbons (Fsp3) is 0.167. The molecule has 2 heterocycles. The molecule has 3 N–H and O–H groups in total. The molecule has 4 rings (SSSR count). The van der Waals surface area contributed by atoms with Crippen molar-refractivity contribution in [3.05, 3.63) is 83.8 Å². The monoisotopic (exact) mass is 517 g/mol. The average Bonchev–Trinajstić information content (AvgIpc) is 3.33. The molecule has 0 unspecified atom stereocenters. The molecule has 4 aromatic rings. The van der Waals surface area contributed by atoms with E-state index in [4.69, 9.17) is 4.74 Å². The first-order valence-electron chi connectivity index (χ1n) is 10.8. The Morgan fingerprint density at radius 1 is 1.03 bits per heavy atom. The number of halogens is 3. The van der Waals surface area contributed by atoms with E-state index < -0.39 is 16.4 Å². The van der Waals surface area contributed by atoms with Crippen molar-refractivity contribution in [2.45, 2.75) is 20.0 Å². The number of ether oxygens (including phenoxy) is 1. The minimum Gasteiger partial charge on any atom is -0.487 e. The van der Waals surface area contributed by atoms with Crippen molar-refractivity contribution in [3.63, 3.8) is 0 Å². The van der Waals surface area contributed by atoms with E-state index in [0.717, 1.165) is 0 Å². The normalized spacial score (nSPS) is 11.5. The minimum absolute atomic E-state index is 0.0759. The number of pyridine rings is 1. The molecule has 36 heavy (non-hydrogen) atoms. The third-order valence-electron chi connectivity index (χ3n) is 5.07. The summed E-state index contributed by atoms with van der Waals surface area (Å²) in [5.74, 6) is 0.302. The number of aromatic nitrogens is 3. The molecule has 12 heteroatoms. The van der Waals surface area contributed by atoms with Crippen molar-refractivity contribution < 1.29 is 26.3 Å². The topological polar surface area (TPSA) is 109 Å². The van der Waals surface area contributed by atoms with E-state index >= 15 is 0 Å². The van der Waals surface area contributed by atoms with Crippen LogP contribution in [0.4, 0.5) is 30.5 Å². The fourth-order valence-electron chi connectivity index (χ4n) is 3.18. The van der Waals surface area contributed by atoms with E-state index in [0.29, 0.717) is 22.6 Å². The molecule has 0 saturated heterocycles. The van der Waals surface area contributed by atoms with Gasteiger partial charge in [0.05, 0.1) is 17.1 Å². The highest BCUT2D eigenvalue weighted by Gasteiger charge is 2.15. The van der Waals surface area contributed by atoms with Crippen LogP contribution in [-0.4, -0.2) is 29.4 Å². The third kappa shape index (κ3) is 6.33. The molecule has 188 valence electrons. The van der Waals surface area contributed by atoms with Crippen molar-refractivity contribution in [1.29, 1.82) is 0 Å². The van der Waals surface area contributed by atoms with Crippen LogP contribution in [0, 0.1) is 5.82 Å². The summed E-state index contributed by atoms with van der Waals surface area (Å²) in [7, 11) is -3.57. The molecule has 0 bridgehead atoms. The number of hydrogen-bond acceptors (Lipinski definition) is 6. The van der Waals surface area contributed by atoms with Gasteiger partial charge in [-0.3, -0.25) is 9.82 Å². The number of aromatic amines is 1. The fourth-order valence-corrected chi connectivity index (χ4v) is 3.83. The summed E-state index contributed by atoms with van der Waals surface area (Å²) in [5, 5.41) is 9.84. The van der Waals surface area contributed by atoms with Gasteiger partial charge in [0, 0.05) is 11.6 Å². The lowest BCUT2D eigenvalue weighted by atomic mass is 10.1. The Kier molecular flexibility index (Phi) is 7.44. The second kappa shape index (κ2) is 10.7. The Hall–Kier alpha value is -4.06. The van der Waals surface area contributed by atoms with Crippen molar-refractivity contribution in [2.24, 2.45) is 0 Å². The Morgan fingerprint density at radius 3 is 2.53 bits per heavy atom. The molecule has 0 fully saturated rings. The van der Waals surface area contributed by atoms with Crippen LogP contribution in [0.3, 0.4) is 0 Å². The van der Waals surface area contributed by atoms with Crippen LogP contribution < -0.4 is 14.8 Å². The van der Waals surface area contributed by atoms with E-state index in [1.54, 1.807) is 36.4 Å². The van der Waals surface area contributed by atoms with Gasteiger partial charge < -0.3 is 10.1 Å². The molecular formula is C24H22F3N5O3S. The Balaban J connectivity index is 1.58. The molecule has 0 spiro atoms. The van der Waals surface area contributed by atoms with Gasteiger partial charge in [-0.2, -0.15) is 5.10 Å². The number of sulfonamides is 1. The molecule has 0 atom stereocenters. The van der Waals surface area contributed by atoms with E-state index in [-0.39, 0.29) is 41.1 Å². The summed E-state index contributed by atoms with van der Waals surface area (Å²) in [6.45, 7) is 1.59. The molecular weight excluding hydrogens is 495 g/mol. The van der Waals surface area contributed by atoms with Crippen LogP contribution in [-0.2, 0) is 16.6 Å². The maximum atomic E-state index is 13.2. The molecule has 8 nitrogen and oxygen atoms in total. The van der Waals surface area contributed by atoms with Gasteiger partial charge in [0.25, 0.3) is 6.43 Å². The molecule has 0 aliphatic carbocycles. The lowest BCUT2D eigenvalue weighted by molar-refractivity contribution is 0.146. The molecule has 0 amide bonds. The van der Waals surface area contributed by atoms with Crippen LogP contribution >= 0.6 is 0 Å². The van der Waals surface area contributed by atoms with E-state index in [1.165, 1.54) is 37.3 Å². The number of hydrogen-bond donors (Lipinski definition) is 3. The largest absolute Gasteiger partial charge is 0.487 e. The number of benzene rings is 2. The zero-order valence-corrected chi connectivity index (χ0v) is 19.8. The molecule has 2 aromatic carbocycles. The van der Waals surface area contributed by atoms with Crippen molar-refractivity contribution in [3.8, 4) is 17.0 Å². The summed E-state index contributed by atoms with van der Waals surface area (Å²) in [6.07, 6.45) is -2.70. The SMILES string of the molecule is CCS(=O)(=O)Nc1ccc(-c2cc(Nc3cccc(C(F)F)n3)n[nH]2)cc1OCc1ccc(F)cc1. The summed E-state index contributed by atoms with van der Waals surface area (Å²) in [4.78, 5) is 3.85. The average molecular weight is 518 g/mol. The van der Waals surface area contributed by atoms with E-state index in [1.807, 2.05) is 0 Å². The Morgan fingerprint density at radius 2 is 1.81 bits per heavy atom. The quantitative estimate of drug-likeness (QED) is 0.252. The summed E-state index contributed by atoms with van der Waals surface area (Å²) in [6, 6.07) is 16.5. The van der Waals surface area contributed by atoms with Gasteiger partial charge in [0.15, 0.2) is 5.82 Å². The Bertz CT molecular complexity index is 1440. The standard InChI is InChI=1S/C24H22F3N5O3S/c1-2-36(33,34)32-18-11-8-16(12-21(18)35-14-15-6-9-17(25)10-7-15)20-13-23(31-30-20)29-22-5-3-4-19(28-22)24(26)27/h3-13,24,32H,2,14H2,1H3,(H2,28,29,30,31). The van der Waals surface area contributed by atoms with Crippen LogP contribution in [0.5, 0.6) is 5.75 Å². The van der Waals surface area contributed by atoms with E-state index in [9.17, 15) is 21.6 Å². The second-order valence-electron chi connectivity index (χ2n) is 7.67. The van der Waals surface area contributed by atoms with Gasteiger partial charge in [0.1, 0.15) is 29.7 Å². The highest BCUT2D eigenvalue weighted by atomic mass is 32.2. The van der Waals surface area contributed by atoms with Gasteiger partial charge in [0.2, 0.25) is 10.0 Å². The third-order valence-corrected chi connectivity index (χ3v) is 6.36. The van der Waals surface area contributed by atoms with Gasteiger partial charge in [-0.1, -0.05) is 24.3 Å². The molecule has 0 aliphatic heterocycles. The van der Waals surface area contributed by atoms with Gasteiger partial charge in [-0.05, 0) is 48.9 Å². The number of nitrogens with one attached hydrogen (secondary N) is 3. The van der Waals surface area contributed by atoms with Gasteiger partial charge >= 0.3 is 0 Å². The number of rotatable bonds is 10. The van der Waals surface area contributed by atoms with Crippen LogP contribution in [0.1, 0.15) is 24.6 Å². The van der Waals surface area contributed by atoms with Crippen LogP contribution in [0.15, 0.2) is 66.7 Å². The zero-order chi connectivity index (χ0) is 25.7. The number of nitrogens with zero attached hydrogens (tertiary/aromatic N) is 2. The summed E-state index contributed by atoms with van der Waals surface area (Å²) < 4.78 is 71.7.